The molecule has 0 saturated heterocycles. The average Bonchev–Trinajstić information content (AvgIpc) is 2.44. The standard InChI is InChI=1S/C16H23NO3S/c1-2-7-13(12-16(19)20)17-15(18)10-6-11-21-14-8-4-3-5-9-14/h3-5,8-9,13H,2,6-7,10-12H2,1H3,(H,17,18)(H,19,20). The Morgan fingerprint density at radius 2 is 2.00 bits per heavy atom. The number of hydrogen-bond acceptors (Lipinski definition) is 3. The number of aliphatic carboxylic acids is 1. The van der Waals surface area contributed by atoms with E-state index in [0.717, 1.165) is 18.6 Å². The van der Waals surface area contributed by atoms with E-state index in [1.807, 2.05) is 25.1 Å². The van der Waals surface area contributed by atoms with Gasteiger partial charge in [0.25, 0.3) is 0 Å². The molecule has 1 aromatic rings. The Morgan fingerprint density at radius 3 is 2.62 bits per heavy atom. The maximum atomic E-state index is 11.8. The van der Waals surface area contributed by atoms with Crippen molar-refractivity contribution in [3.63, 3.8) is 0 Å². The van der Waals surface area contributed by atoms with Crippen LogP contribution in [0.5, 0.6) is 0 Å². The molecule has 5 heteroatoms. The van der Waals surface area contributed by atoms with Crippen molar-refractivity contribution in [2.75, 3.05) is 5.75 Å². The third-order valence-corrected chi connectivity index (χ3v) is 4.08. The molecule has 0 aromatic heterocycles. The molecule has 0 bridgehead atoms. The molecular formula is C16H23NO3S. The van der Waals surface area contributed by atoms with Crippen LogP contribution in [0.1, 0.15) is 39.0 Å². The zero-order chi connectivity index (χ0) is 15.5. The Hall–Kier alpha value is -1.49. The average molecular weight is 309 g/mol. The Labute approximate surface area is 130 Å². The third kappa shape index (κ3) is 8.40. The lowest BCUT2D eigenvalue weighted by molar-refractivity contribution is -0.137. The Kier molecular flexibility index (Phi) is 8.59. The van der Waals surface area contributed by atoms with E-state index in [-0.39, 0.29) is 18.4 Å². The topological polar surface area (TPSA) is 66.4 Å². The molecule has 1 aromatic carbocycles. The smallest absolute Gasteiger partial charge is 0.305 e. The van der Waals surface area contributed by atoms with Crippen molar-refractivity contribution in [3.05, 3.63) is 30.3 Å². The van der Waals surface area contributed by atoms with Gasteiger partial charge in [0.05, 0.1) is 6.42 Å². The largest absolute Gasteiger partial charge is 0.481 e. The summed E-state index contributed by atoms with van der Waals surface area (Å²) in [4.78, 5) is 23.7. The number of thioether (sulfide) groups is 1. The molecule has 0 aliphatic carbocycles. The van der Waals surface area contributed by atoms with Gasteiger partial charge >= 0.3 is 5.97 Å². The van der Waals surface area contributed by atoms with E-state index in [2.05, 4.69) is 17.4 Å². The molecule has 0 radical (unpaired) electrons. The van der Waals surface area contributed by atoms with E-state index in [0.29, 0.717) is 12.8 Å². The summed E-state index contributed by atoms with van der Waals surface area (Å²) in [6, 6.07) is 9.83. The molecule has 0 heterocycles. The van der Waals surface area contributed by atoms with Crippen molar-refractivity contribution in [2.24, 2.45) is 0 Å². The summed E-state index contributed by atoms with van der Waals surface area (Å²) < 4.78 is 0. The van der Waals surface area contributed by atoms with Crippen molar-refractivity contribution in [3.8, 4) is 0 Å². The van der Waals surface area contributed by atoms with Gasteiger partial charge in [0, 0.05) is 17.4 Å². The van der Waals surface area contributed by atoms with E-state index in [1.54, 1.807) is 11.8 Å². The van der Waals surface area contributed by atoms with E-state index < -0.39 is 5.97 Å². The summed E-state index contributed by atoms with van der Waals surface area (Å²) in [6.45, 7) is 1.98. The van der Waals surface area contributed by atoms with E-state index in [9.17, 15) is 9.59 Å². The molecule has 1 amide bonds. The minimum atomic E-state index is -0.867. The van der Waals surface area contributed by atoms with Crippen molar-refractivity contribution in [1.82, 2.24) is 5.32 Å². The van der Waals surface area contributed by atoms with Crippen LogP contribution in [-0.4, -0.2) is 28.8 Å². The predicted molar refractivity (Wildman–Crippen MR) is 85.5 cm³/mol. The number of carboxylic acid groups (broad SMARTS) is 1. The summed E-state index contributed by atoms with van der Waals surface area (Å²) in [7, 11) is 0. The number of hydrogen-bond donors (Lipinski definition) is 2. The second-order valence-electron chi connectivity index (χ2n) is 4.92. The lowest BCUT2D eigenvalue weighted by Gasteiger charge is -2.15. The van der Waals surface area contributed by atoms with E-state index in [4.69, 9.17) is 5.11 Å². The van der Waals surface area contributed by atoms with Crippen LogP contribution >= 0.6 is 11.8 Å². The van der Waals surface area contributed by atoms with Gasteiger partial charge in [-0.3, -0.25) is 9.59 Å². The first-order valence-corrected chi connectivity index (χ1v) is 8.29. The first-order valence-electron chi connectivity index (χ1n) is 7.30. The second kappa shape index (κ2) is 10.3. The van der Waals surface area contributed by atoms with Gasteiger partial charge in [-0.1, -0.05) is 31.5 Å². The van der Waals surface area contributed by atoms with Gasteiger partial charge in [-0.25, -0.2) is 0 Å². The van der Waals surface area contributed by atoms with Crippen LogP contribution in [0.4, 0.5) is 0 Å². The molecule has 0 aliphatic rings. The highest BCUT2D eigenvalue weighted by Crippen LogP contribution is 2.18. The Balaban J connectivity index is 2.21. The summed E-state index contributed by atoms with van der Waals surface area (Å²) in [6.07, 6.45) is 2.80. The lowest BCUT2D eigenvalue weighted by Crippen LogP contribution is -2.36. The molecule has 0 aliphatic heterocycles. The van der Waals surface area contributed by atoms with Gasteiger partial charge in [0.15, 0.2) is 0 Å². The normalized spacial score (nSPS) is 11.9. The van der Waals surface area contributed by atoms with Crippen LogP contribution in [0.15, 0.2) is 35.2 Å². The monoisotopic (exact) mass is 309 g/mol. The predicted octanol–water partition coefficient (Wildman–Crippen LogP) is 3.32. The van der Waals surface area contributed by atoms with Crippen LogP contribution in [-0.2, 0) is 9.59 Å². The molecule has 1 rings (SSSR count). The number of carbonyl (C=O) groups is 2. The zero-order valence-corrected chi connectivity index (χ0v) is 13.2. The molecule has 0 saturated carbocycles. The highest BCUT2D eigenvalue weighted by molar-refractivity contribution is 7.99. The number of amides is 1. The molecular weight excluding hydrogens is 286 g/mol. The molecule has 116 valence electrons. The zero-order valence-electron chi connectivity index (χ0n) is 12.4. The summed E-state index contributed by atoms with van der Waals surface area (Å²) in [5.74, 6) is -0.0359. The number of carboxylic acids is 1. The van der Waals surface area contributed by atoms with Crippen molar-refractivity contribution in [1.29, 1.82) is 0 Å². The fourth-order valence-corrected chi connectivity index (χ4v) is 2.90. The molecule has 2 N–H and O–H groups in total. The molecule has 1 unspecified atom stereocenters. The molecule has 21 heavy (non-hydrogen) atoms. The Morgan fingerprint density at radius 1 is 1.29 bits per heavy atom. The molecule has 4 nitrogen and oxygen atoms in total. The van der Waals surface area contributed by atoms with Gasteiger partial charge in [-0.05, 0) is 30.7 Å². The molecule has 0 fully saturated rings. The van der Waals surface area contributed by atoms with E-state index in [1.165, 1.54) is 4.90 Å². The minimum Gasteiger partial charge on any atom is -0.481 e. The maximum Gasteiger partial charge on any atom is 0.305 e. The first-order chi connectivity index (χ1) is 10.1. The number of rotatable bonds is 10. The highest BCUT2D eigenvalue weighted by Gasteiger charge is 2.14. The van der Waals surface area contributed by atoms with Gasteiger partial charge in [0.2, 0.25) is 5.91 Å². The van der Waals surface area contributed by atoms with Crippen LogP contribution in [0.25, 0.3) is 0 Å². The third-order valence-electron chi connectivity index (χ3n) is 2.98. The van der Waals surface area contributed by atoms with Gasteiger partial charge in [-0.15, -0.1) is 11.8 Å². The van der Waals surface area contributed by atoms with Gasteiger partial charge in [-0.2, -0.15) is 0 Å². The minimum absolute atomic E-state index is 0.00164. The fraction of sp³-hybridized carbons (Fsp3) is 0.500. The van der Waals surface area contributed by atoms with Crippen LogP contribution in [0.2, 0.25) is 0 Å². The molecule has 1 atom stereocenters. The number of benzene rings is 1. The summed E-state index contributed by atoms with van der Waals surface area (Å²) >= 11 is 1.73. The molecule has 0 spiro atoms. The van der Waals surface area contributed by atoms with Crippen molar-refractivity contribution in [2.45, 2.75) is 50.0 Å². The van der Waals surface area contributed by atoms with Crippen molar-refractivity contribution < 1.29 is 14.7 Å². The first kappa shape index (κ1) is 17.6. The van der Waals surface area contributed by atoms with Crippen LogP contribution in [0.3, 0.4) is 0 Å². The highest BCUT2D eigenvalue weighted by atomic mass is 32.2. The summed E-state index contributed by atoms with van der Waals surface area (Å²) in [5.41, 5.74) is 0. The number of nitrogens with one attached hydrogen (secondary N) is 1. The summed E-state index contributed by atoms with van der Waals surface area (Å²) in [5, 5.41) is 11.6. The van der Waals surface area contributed by atoms with Crippen LogP contribution in [0, 0.1) is 0 Å². The Bertz CT molecular complexity index is 436. The number of carbonyl (C=O) groups excluding carboxylic acids is 1. The van der Waals surface area contributed by atoms with E-state index >= 15 is 0 Å². The van der Waals surface area contributed by atoms with Crippen molar-refractivity contribution >= 4 is 23.6 Å². The second-order valence-corrected chi connectivity index (χ2v) is 6.08. The quantitative estimate of drug-likeness (QED) is 0.514. The van der Waals surface area contributed by atoms with Gasteiger partial charge in [0.1, 0.15) is 0 Å². The van der Waals surface area contributed by atoms with Gasteiger partial charge < -0.3 is 10.4 Å². The maximum absolute atomic E-state index is 11.8. The fourth-order valence-electron chi connectivity index (χ4n) is 2.02. The lowest BCUT2D eigenvalue weighted by atomic mass is 10.1. The van der Waals surface area contributed by atoms with Crippen LogP contribution < -0.4 is 5.32 Å². The SMILES string of the molecule is CCCC(CC(=O)O)NC(=O)CCCSc1ccccc1.